The van der Waals surface area contributed by atoms with E-state index < -0.39 is 45.8 Å². The number of carboxylic acids is 1. The highest BCUT2D eigenvalue weighted by Crippen LogP contribution is 2.32. The Labute approximate surface area is 222 Å². The Kier molecular flexibility index (Phi) is 14.0. The van der Waals surface area contributed by atoms with Crippen LogP contribution < -0.4 is 0 Å². The summed E-state index contributed by atoms with van der Waals surface area (Å²) in [6.07, 6.45) is 4.22. The molecule has 0 saturated heterocycles. The van der Waals surface area contributed by atoms with E-state index in [9.17, 15) is 30.4 Å². The van der Waals surface area contributed by atoms with Crippen LogP contribution in [0.25, 0.3) is 0 Å². The number of carboxylic acid groups (broad SMARTS) is 1. The lowest BCUT2D eigenvalue weighted by molar-refractivity contribution is -0.137. The van der Waals surface area contributed by atoms with Gasteiger partial charge in [0.1, 0.15) is 0 Å². The normalized spacial score (nSPS) is 19.9. The van der Waals surface area contributed by atoms with Crippen LogP contribution in [0.2, 0.25) is 0 Å². The van der Waals surface area contributed by atoms with Crippen LogP contribution in [0.5, 0.6) is 0 Å². The molecule has 1 fully saturated rings. The van der Waals surface area contributed by atoms with E-state index in [0.717, 1.165) is 43.7 Å². The van der Waals surface area contributed by atoms with E-state index in [-0.39, 0.29) is 23.5 Å². The molecule has 0 heterocycles. The van der Waals surface area contributed by atoms with Crippen molar-refractivity contribution in [3.63, 3.8) is 0 Å². The topological polar surface area (TPSA) is 183 Å². The van der Waals surface area contributed by atoms with Crippen molar-refractivity contribution < 1.29 is 44.6 Å². The predicted octanol–water partition coefficient (Wildman–Crippen LogP) is 4.81. The molecule has 10 nitrogen and oxygen atoms in total. The van der Waals surface area contributed by atoms with Gasteiger partial charge in [0.05, 0.1) is 24.8 Å². The van der Waals surface area contributed by atoms with Gasteiger partial charge in [-0.2, -0.15) is 16.8 Å². The Morgan fingerprint density at radius 2 is 1.24 bits per heavy atom. The SMILES string of the molecule is C=S(=O)(O)C1CCC(C(C)C)CC1.CC(C)CC(=O)O.CC(C)c1cc(S(=O)(=O)O)cc(S(=O)(=O)O)c1. The van der Waals surface area contributed by atoms with Crippen molar-refractivity contribution in [1.82, 2.24) is 0 Å². The van der Waals surface area contributed by atoms with Crippen LogP contribution in [0.15, 0.2) is 28.0 Å². The van der Waals surface area contributed by atoms with Crippen LogP contribution in [0.4, 0.5) is 0 Å². The van der Waals surface area contributed by atoms with Gasteiger partial charge in [-0.3, -0.25) is 13.9 Å². The zero-order valence-electron chi connectivity index (χ0n) is 22.3. The number of hydrogen-bond acceptors (Lipinski definition) is 6. The van der Waals surface area contributed by atoms with Gasteiger partial charge in [-0.1, -0.05) is 41.5 Å². The van der Waals surface area contributed by atoms with E-state index in [0.29, 0.717) is 17.5 Å². The first-order valence-electron chi connectivity index (χ1n) is 12.0. The Bertz CT molecular complexity index is 1140. The van der Waals surface area contributed by atoms with Crippen molar-refractivity contribution in [2.24, 2.45) is 17.8 Å². The van der Waals surface area contributed by atoms with Crippen molar-refractivity contribution in [3.05, 3.63) is 23.8 Å². The molecule has 1 aliphatic rings. The number of hydrogen-bond donors (Lipinski definition) is 4. The van der Waals surface area contributed by atoms with Gasteiger partial charge >= 0.3 is 5.97 Å². The minimum absolute atomic E-state index is 0.0532. The minimum Gasteiger partial charge on any atom is -0.481 e. The average molecular weight is 587 g/mol. The molecular formula is C24H42O10S3. The summed E-state index contributed by atoms with van der Waals surface area (Å²) in [5, 5.41) is 8.03. The van der Waals surface area contributed by atoms with E-state index in [4.69, 9.17) is 14.2 Å². The maximum atomic E-state index is 11.3. The second-order valence-electron chi connectivity index (χ2n) is 10.3. The molecular weight excluding hydrogens is 544 g/mol. The highest BCUT2D eigenvalue weighted by Gasteiger charge is 2.27. The average Bonchev–Trinajstić information content (AvgIpc) is 2.71. The van der Waals surface area contributed by atoms with Crippen LogP contribution in [0.1, 0.15) is 85.1 Å². The summed E-state index contributed by atoms with van der Waals surface area (Å²) in [7, 11) is -11.8. The number of benzene rings is 1. The zero-order valence-corrected chi connectivity index (χ0v) is 24.8. The first-order chi connectivity index (χ1) is 16.6. The van der Waals surface area contributed by atoms with E-state index in [1.807, 2.05) is 13.8 Å². The minimum atomic E-state index is -4.52. The molecule has 1 saturated carbocycles. The molecule has 0 amide bonds. The molecule has 4 N–H and O–H groups in total. The maximum absolute atomic E-state index is 11.3. The van der Waals surface area contributed by atoms with Crippen LogP contribution in [0.3, 0.4) is 0 Å². The second kappa shape index (κ2) is 14.6. The molecule has 1 atom stereocenters. The molecule has 0 spiro atoms. The summed E-state index contributed by atoms with van der Waals surface area (Å²) in [6.45, 7) is 11.7. The smallest absolute Gasteiger partial charge is 0.303 e. The van der Waals surface area contributed by atoms with Crippen LogP contribution in [0, 0.1) is 17.8 Å². The predicted molar refractivity (Wildman–Crippen MR) is 146 cm³/mol. The van der Waals surface area contributed by atoms with E-state index in [2.05, 4.69) is 19.7 Å². The number of rotatable bonds is 7. The first kappa shape index (κ1) is 35.5. The number of carbonyl (C=O) groups is 1. The molecule has 1 unspecified atom stereocenters. The molecule has 0 bridgehead atoms. The monoisotopic (exact) mass is 586 g/mol. The van der Waals surface area contributed by atoms with Gasteiger partial charge in [0.2, 0.25) is 0 Å². The molecule has 0 radical (unpaired) electrons. The molecule has 1 aliphatic carbocycles. The van der Waals surface area contributed by atoms with Gasteiger partial charge in [0.15, 0.2) is 0 Å². The highest BCUT2D eigenvalue weighted by molar-refractivity contribution is 7.95. The zero-order chi connectivity index (χ0) is 29.4. The summed E-state index contributed by atoms with van der Waals surface area (Å²) in [5.74, 6) is 4.21. The molecule has 1 aromatic carbocycles. The van der Waals surface area contributed by atoms with Crippen molar-refractivity contribution in [2.45, 2.75) is 94.6 Å². The van der Waals surface area contributed by atoms with Gasteiger partial charge in [-0.25, -0.2) is 4.21 Å². The number of aliphatic carboxylic acids is 1. The van der Waals surface area contributed by atoms with E-state index >= 15 is 0 Å². The molecule has 0 aromatic heterocycles. The van der Waals surface area contributed by atoms with E-state index in [1.165, 1.54) is 0 Å². The van der Waals surface area contributed by atoms with E-state index in [1.54, 1.807) is 13.8 Å². The van der Waals surface area contributed by atoms with Crippen molar-refractivity contribution in [1.29, 1.82) is 0 Å². The van der Waals surface area contributed by atoms with Crippen LogP contribution >= 0.6 is 0 Å². The third-order valence-corrected chi connectivity index (χ3v) is 9.11. The fraction of sp³-hybridized carbons (Fsp3) is 0.667. The van der Waals surface area contributed by atoms with Crippen molar-refractivity contribution >= 4 is 41.9 Å². The molecule has 0 aliphatic heterocycles. The molecule has 216 valence electrons. The molecule has 1 aromatic rings. The van der Waals surface area contributed by atoms with Gasteiger partial charge in [0, 0.05) is 6.42 Å². The van der Waals surface area contributed by atoms with Gasteiger partial charge in [0.25, 0.3) is 20.2 Å². The Morgan fingerprint density at radius 1 is 0.838 bits per heavy atom. The lowest BCUT2D eigenvalue weighted by Gasteiger charge is -2.30. The summed E-state index contributed by atoms with van der Waals surface area (Å²) >= 11 is 0. The van der Waals surface area contributed by atoms with Crippen LogP contribution in [-0.4, -0.2) is 56.9 Å². The molecule has 13 heteroatoms. The first-order valence-corrected chi connectivity index (χ1v) is 16.6. The Morgan fingerprint density at radius 3 is 1.46 bits per heavy atom. The van der Waals surface area contributed by atoms with Crippen LogP contribution in [-0.2, 0) is 34.8 Å². The maximum Gasteiger partial charge on any atom is 0.303 e. The standard InChI is InChI=1S/C10H20O2S.C9H12O6S2.C5H10O2/c1-8(2)9-4-6-10(7-5-9)13(3,11)12;1-6(2)7-3-8(16(10,11)12)5-9(4-7)17(13,14)15;1-4(2)3-5(6)7/h8-10H,3-7H2,1-2H3,(H,11,12);3-6H,1-2H3,(H,10,11,12)(H,13,14,15);4H,3H2,1-2H3,(H,6,7). The van der Waals surface area contributed by atoms with Gasteiger partial charge in [-0.15, -0.1) is 0 Å². The summed E-state index contributed by atoms with van der Waals surface area (Å²) in [4.78, 5) is 8.69. The lowest BCUT2D eigenvalue weighted by Crippen LogP contribution is -2.28. The van der Waals surface area contributed by atoms with Crippen molar-refractivity contribution in [2.75, 3.05) is 0 Å². The van der Waals surface area contributed by atoms with Crippen molar-refractivity contribution in [3.8, 4) is 0 Å². The summed E-state index contributed by atoms with van der Waals surface area (Å²) < 4.78 is 82.2. The third kappa shape index (κ3) is 14.3. The Hall–Kier alpha value is -1.51. The molecule has 2 rings (SSSR count). The van der Waals surface area contributed by atoms with Gasteiger partial charge < -0.3 is 9.66 Å². The fourth-order valence-corrected chi connectivity index (χ4v) is 5.90. The quantitative estimate of drug-likeness (QED) is 0.255. The second-order valence-corrected chi connectivity index (χ2v) is 15.2. The highest BCUT2D eigenvalue weighted by atomic mass is 32.2. The fourth-order valence-electron chi connectivity index (χ4n) is 3.70. The third-order valence-electron chi connectivity index (χ3n) is 5.93. The molecule has 37 heavy (non-hydrogen) atoms. The Balaban J connectivity index is 0.000000573. The summed E-state index contributed by atoms with van der Waals surface area (Å²) in [6, 6.07) is 3.03. The summed E-state index contributed by atoms with van der Waals surface area (Å²) in [5.41, 5.74) is 0.382. The largest absolute Gasteiger partial charge is 0.481 e. The lowest BCUT2D eigenvalue weighted by atomic mass is 9.81. The van der Waals surface area contributed by atoms with Gasteiger partial charge in [-0.05, 0) is 79.0 Å².